The van der Waals surface area contributed by atoms with Crippen molar-refractivity contribution in [2.24, 2.45) is 0 Å². The summed E-state index contributed by atoms with van der Waals surface area (Å²) in [5.74, 6) is -0.380. The van der Waals surface area contributed by atoms with Crippen LogP contribution in [0.3, 0.4) is 0 Å². The van der Waals surface area contributed by atoms with Crippen molar-refractivity contribution in [1.29, 1.82) is 0 Å². The second kappa shape index (κ2) is 9.47. The van der Waals surface area contributed by atoms with Crippen LogP contribution in [0.15, 0.2) is 82.5 Å². The van der Waals surface area contributed by atoms with E-state index in [-0.39, 0.29) is 18.4 Å². The fourth-order valence-electron chi connectivity index (χ4n) is 3.76. The van der Waals surface area contributed by atoms with Crippen molar-refractivity contribution >= 4 is 11.8 Å². The molecular formula is C24H24N4O4. The number of hydrogen-bond donors (Lipinski definition) is 0. The predicted molar refractivity (Wildman–Crippen MR) is 119 cm³/mol. The zero-order valence-corrected chi connectivity index (χ0v) is 17.6. The van der Waals surface area contributed by atoms with Crippen LogP contribution in [0.5, 0.6) is 0 Å². The van der Waals surface area contributed by atoms with Gasteiger partial charge in [0.25, 0.3) is 11.5 Å². The van der Waals surface area contributed by atoms with E-state index in [4.69, 9.17) is 0 Å². The van der Waals surface area contributed by atoms with Gasteiger partial charge in [-0.3, -0.25) is 23.5 Å². The molecule has 3 aromatic rings. The van der Waals surface area contributed by atoms with Crippen molar-refractivity contribution in [3.8, 4) is 0 Å². The van der Waals surface area contributed by atoms with Crippen LogP contribution in [0.4, 0.5) is 0 Å². The minimum absolute atomic E-state index is 0.0687. The molecule has 8 heteroatoms. The molecule has 2 heterocycles. The Morgan fingerprint density at radius 2 is 1.34 bits per heavy atom. The van der Waals surface area contributed by atoms with Gasteiger partial charge in [0.05, 0.1) is 6.54 Å². The normalized spacial score (nSPS) is 13.8. The van der Waals surface area contributed by atoms with Gasteiger partial charge in [-0.2, -0.15) is 0 Å². The standard InChI is InChI=1S/C24H24N4O4/c29-21-11-12-27(17-19-7-3-1-4-8-19)24(32)28(21)18-22(30)25-13-15-26(16-14-25)23(31)20-9-5-2-6-10-20/h1-12H,13-18H2. The van der Waals surface area contributed by atoms with Crippen LogP contribution in [-0.4, -0.2) is 56.9 Å². The maximum atomic E-state index is 12.8. The van der Waals surface area contributed by atoms with Gasteiger partial charge in [-0.25, -0.2) is 4.79 Å². The highest BCUT2D eigenvalue weighted by Gasteiger charge is 2.25. The topological polar surface area (TPSA) is 84.6 Å². The summed E-state index contributed by atoms with van der Waals surface area (Å²) in [5, 5.41) is 0. The largest absolute Gasteiger partial charge is 0.338 e. The van der Waals surface area contributed by atoms with Crippen molar-refractivity contribution in [2.45, 2.75) is 13.1 Å². The third-order valence-electron chi connectivity index (χ3n) is 5.57. The zero-order valence-electron chi connectivity index (χ0n) is 17.6. The third kappa shape index (κ3) is 4.69. The SMILES string of the molecule is O=C(Cn1c(=O)ccn(Cc2ccccc2)c1=O)N1CCN(C(=O)c2ccccc2)CC1. The first kappa shape index (κ1) is 21.3. The second-order valence-corrected chi connectivity index (χ2v) is 7.68. The molecule has 8 nitrogen and oxygen atoms in total. The summed E-state index contributed by atoms with van der Waals surface area (Å²) >= 11 is 0. The lowest BCUT2D eigenvalue weighted by atomic mass is 10.2. The highest BCUT2D eigenvalue weighted by molar-refractivity contribution is 5.94. The minimum atomic E-state index is -0.521. The van der Waals surface area contributed by atoms with Crippen LogP contribution in [0, 0.1) is 0 Å². The van der Waals surface area contributed by atoms with Crippen LogP contribution in [0.2, 0.25) is 0 Å². The minimum Gasteiger partial charge on any atom is -0.338 e. The van der Waals surface area contributed by atoms with E-state index in [1.54, 1.807) is 21.9 Å². The summed E-state index contributed by atoms with van der Waals surface area (Å²) in [6.45, 7) is 1.52. The predicted octanol–water partition coefficient (Wildman–Crippen LogP) is 1.04. The second-order valence-electron chi connectivity index (χ2n) is 7.68. The average Bonchev–Trinajstić information content (AvgIpc) is 2.84. The summed E-state index contributed by atoms with van der Waals surface area (Å²) in [7, 11) is 0. The van der Waals surface area contributed by atoms with Crippen LogP contribution in [0.1, 0.15) is 15.9 Å². The van der Waals surface area contributed by atoms with E-state index in [1.165, 1.54) is 16.8 Å². The van der Waals surface area contributed by atoms with Crippen molar-refractivity contribution < 1.29 is 9.59 Å². The highest BCUT2D eigenvalue weighted by Crippen LogP contribution is 2.09. The van der Waals surface area contributed by atoms with Crippen LogP contribution in [-0.2, 0) is 17.9 Å². The van der Waals surface area contributed by atoms with Gasteiger partial charge in [-0.05, 0) is 17.7 Å². The lowest BCUT2D eigenvalue weighted by Gasteiger charge is -2.34. The maximum Gasteiger partial charge on any atom is 0.331 e. The van der Waals surface area contributed by atoms with Gasteiger partial charge in [-0.1, -0.05) is 48.5 Å². The molecule has 0 unspecified atom stereocenters. The van der Waals surface area contributed by atoms with E-state index < -0.39 is 11.2 Å². The number of benzene rings is 2. The van der Waals surface area contributed by atoms with E-state index in [0.29, 0.717) is 38.3 Å². The molecule has 164 valence electrons. The van der Waals surface area contributed by atoms with Crippen LogP contribution in [0.25, 0.3) is 0 Å². The van der Waals surface area contributed by atoms with Crippen molar-refractivity contribution in [1.82, 2.24) is 18.9 Å². The fraction of sp³-hybridized carbons (Fsp3) is 0.250. The molecule has 1 aliphatic rings. The number of aromatic nitrogens is 2. The monoisotopic (exact) mass is 432 g/mol. The third-order valence-corrected chi connectivity index (χ3v) is 5.57. The molecule has 2 amide bonds. The number of nitrogens with zero attached hydrogens (tertiary/aromatic N) is 4. The molecular weight excluding hydrogens is 408 g/mol. The smallest absolute Gasteiger partial charge is 0.331 e. The number of rotatable bonds is 5. The van der Waals surface area contributed by atoms with Gasteiger partial charge in [0.15, 0.2) is 0 Å². The van der Waals surface area contributed by atoms with E-state index in [0.717, 1.165) is 10.1 Å². The molecule has 1 saturated heterocycles. The molecule has 32 heavy (non-hydrogen) atoms. The lowest BCUT2D eigenvalue weighted by Crippen LogP contribution is -2.52. The number of carbonyl (C=O) groups excluding carboxylic acids is 2. The number of piperazine rings is 1. The lowest BCUT2D eigenvalue weighted by molar-refractivity contribution is -0.133. The quantitative estimate of drug-likeness (QED) is 0.603. The van der Waals surface area contributed by atoms with Crippen molar-refractivity contribution in [3.63, 3.8) is 0 Å². The van der Waals surface area contributed by atoms with Gasteiger partial charge in [-0.15, -0.1) is 0 Å². The Kier molecular flexibility index (Phi) is 6.30. The average molecular weight is 432 g/mol. The first-order chi connectivity index (χ1) is 15.5. The maximum absolute atomic E-state index is 12.8. The molecule has 0 atom stereocenters. The van der Waals surface area contributed by atoms with E-state index in [1.807, 2.05) is 48.5 Å². The molecule has 1 aliphatic heterocycles. The molecule has 0 aliphatic carbocycles. The molecule has 0 bridgehead atoms. The summed E-state index contributed by atoms with van der Waals surface area (Å²) < 4.78 is 2.38. The van der Waals surface area contributed by atoms with E-state index >= 15 is 0 Å². The molecule has 1 aromatic heterocycles. The first-order valence-corrected chi connectivity index (χ1v) is 10.5. The summed E-state index contributed by atoms with van der Waals surface area (Å²) in [4.78, 5) is 53.8. The van der Waals surface area contributed by atoms with Crippen LogP contribution >= 0.6 is 0 Å². The van der Waals surface area contributed by atoms with Gasteiger partial charge >= 0.3 is 5.69 Å². The summed E-state index contributed by atoms with van der Waals surface area (Å²) in [6, 6.07) is 19.7. The number of carbonyl (C=O) groups is 2. The zero-order chi connectivity index (χ0) is 22.5. The van der Waals surface area contributed by atoms with Gasteiger partial charge in [0.2, 0.25) is 5.91 Å². The Labute approximate surface area is 184 Å². The van der Waals surface area contributed by atoms with Crippen molar-refractivity contribution in [2.75, 3.05) is 26.2 Å². The number of hydrogen-bond acceptors (Lipinski definition) is 4. The van der Waals surface area contributed by atoms with Crippen molar-refractivity contribution in [3.05, 3.63) is 105 Å². The summed E-state index contributed by atoms with van der Waals surface area (Å²) in [6.07, 6.45) is 1.45. The number of amides is 2. The summed E-state index contributed by atoms with van der Waals surface area (Å²) in [5.41, 5.74) is 0.505. The molecule has 0 spiro atoms. The highest BCUT2D eigenvalue weighted by atomic mass is 16.2. The van der Waals surface area contributed by atoms with Gasteiger partial charge in [0.1, 0.15) is 6.54 Å². The molecule has 1 fully saturated rings. The van der Waals surface area contributed by atoms with E-state index in [2.05, 4.69) is 0 Å². The Morgan fingerprint density at radius 3 is 2.00 bits per heavy atom. The molecule has 2 aromatic carbocycles. The first-order valence-electron chi connectivity index (χ1n) is 10.5. The fourth-order valence-corrected chi connectivity index (χ4v) is 3.76. The Balaban J connectivity index is 1.41. The van der Waals surface area contributed by atoms with Crippen LogP contribution < -0.4 is 11.2 Å². The molecule has 0 N–H and O–H groups in total. The van der Waals surface area contributed by atoms with Gasteiger partial charge < -0.3 is 9.80 Å². The molecule has 4 rings (SSSR count). The Bertz CT molecular complexity index is 1210. The molecule has 0 radical (unpaired) electrons. The molecule has 0 saturated carbocycles. The Hall–Kier alpha value is -3.94. The van der Waals surface area contributed by atoms with E-state index in [9.17, 15) is 19.2 Å². The Morgan fingerprint density at radius 1 is 0.750 bits per heavy atom. The van der Waals surface area contributed by atoms with Gasteiger partial charge in [0, 0.05) is 44.0 Å².